The number of anilines is 3. The lowest BCUT2D eigenvalue weighted by Gasteiger charge is -2.30. The molecule has 1 heterocycles. The molecule has 11 rings (SSSR count). The Bertz CT molecular complexity index is 3220. The van der Waals surface area contributed by atoms with Crippen LogP contribution in [-0.4, -0.2) is 0 Å². The van der Waals surface area contributed by atoms with E-state index in [1.54, 1.807) is 0 Å². The van der Waals surface area contributed by atoms with Crippen LogP contribution >= 0.6 is 0 Å². The minimum absolute atomic E-state index is 0.0306. The molecule has 0 bridgehead atoms. The van der Waals surface area contributed by atoms with Crippen LogP contribution in [0.2, 0.25) is 0 Å². The second-order valence-electron chi connectivity index (χ2n) is 17.2. The molecule has 2 heteroatoms. The SMILES string of the molecule is CC(C)c1cc(-c2ccc3c(c2)-c2ccccc2C3(C)C)c2ccc3c(C(C)C)cc(N(c4ccccc4)c4cccc5c4oc4ccccc45)c4ccc1c2c34. The molecule has 1 aliphatic carbocycles. The van der Waals surface area contributed by atoms with Crippen LogP contribution in [0.15, 0.2) is 156 Å². The van der Waals surface area contributed by atoms with E-state index in [1.807, 2.05) is 0 Å². The van der Waals surface area contributed by atoms with E-state index in [2.05, 4.69) is 198 Å². The summed E-state index contributed by atoms with van der Waals surface area (Å²) in [5.74, 6) is 0.648. The zero-order chi connectivity index (χ0) is 38.7. The van der Waals surface area contributed by atoms with Gasteiger partial charge in [-0.25, -0.2) is 0 Å². The summed E-state index contributed by atoms with van der Waals surface area (Å²) < 4.78 is 6.74. The topological polar surface area (TPSA) is 16.4 Å². The second kappa shape index (κ2) is 12.3. The van der Waals surface area contributed by atoms with Crippen LogP contribution in [0.5, 0.6) is 0 Å². The molecule has 0 atom stereocenters. The number of nitrogens with zero attached hydrogens (tertiary/aromatic N) is 1. The van der Waals surface area contributed by atoms with Gasteiger partial charge in [-0.2, -0.15) is 0 Å². The Balaban J connectivity index is 1.24. The van der Waals surface area contributed by atoms with Gasteiger partial charge in [0.15, 0.2) is 5.58 Å². The van der Waals surface area contributed by atoms with Crippen molar-refractivity contribution in [2.45, 2.75) is 58.8 Å². The average molecular weight is 736 g/mol. The third-order valence-electron chi connectivity index (χ3n) is 13.0. The fourth-order valence-corrected chi connectivity index (χ4v) is 10.2. The van der Waals surface area contributed by atoms with Crippen molar-refractivity contribution >= 4 is 71.3 Å². The Morgan fingerprint density at radius 3 is 1.88 bits per heavy atom. The lowest BCUT2D eigenvalue weighted by atomic mass is 9.81. The number of hydrogen-bond donors (Lipinski definition) is 0. The molecule has 1 aliphatic rings. The molecule has 0 spiro atoms. The highest BCUT2D eigenvalue weighted by molar-refractivity contribution is 6.29. The Kier molecular flexibility index (Phi) is 7.32. The minimum atomic E-state index is -0.0306. The molecule has 0 radical (unpaired) electrons. The predicted molar refractivity (Wildman–Crippen MR) is 243 cm³/mol. The Morgan fingerprint density at radius 1 is 0.456 bits per heavy atom. The molecule has 0 fully saturated rings. The minimum Gasteiger partial charge on any atom is -0.454 e. The Labute approximate surface area is 334 Å². The third kappa shape index (κ3) is 4.83. The van der Waals surface area contributed by atoms with Crippen molar-refractivity contribution < 1.29 is 4.42 Å². The molecule has 9 aromatic carbocycles. The fourth-order valence-electron chi connectivity index (χ4n) is 10.2. The zero-order valence-electron chi connectivity index (χ0n) is 33.4. The van der Waals surface area contributed by atoms with Crippen molar-refractivity contribution in [3.05, 3.63) is 174 Å². The summed E-state index contributed by atoms with van der Waals surface area (Å²) in [5.41, 5.74) is 15.9. The number of rotatable bonds is 6. The molecule has 0 saturated heterocycles. The summed E-state index contributed by atoms with van der Waals surface area (Å²) in [7, 11) is 0. The van der Waals surface area contributed by atoms with Crippen LogP contribution in [0.3, 0.4) is 0 Å². The molecule has 10 aromatic rings. The summed E-state index contributed by atoms with van der Waals surface area (Å²) in [4.78, 5) is 2.44. The zero-order valence-corrected chi connectivity index (χ0v) is 33.4. The normalized spacial score (nSPS) is 13.5. The van der Waals surface area contributed by atoms with Crippen LogP contribution in [0.4, 0.5) is 17.1 Å². The van der Waals surface area contributed by atoms with E-state index in [0.717, 1.165) is 39.0 Å². The summed E-state index contributed by atoms with van der Waals surface area (Å²) in [6.45, 7) is 14.1. The maximum atomic E-state index is 6.74. The molecule has 57 heavy (non-hydrogen) atoms. The number of benzene rings is 9. The fraction of sp³-hybridized carbons (Fsp3) is 0.164. The van der Waals surface area contributed by atoms with Gasteiger partial charge in [-0.3, -0.25) is 0 Å². The molecule has 0 unspecified atom stereocenters. The van der Waals surface area contributed by atoms with E-state index in [9.17, 15) is 0 Å². The van der Waals surface area contributed by atoms with E-state index in [0.29, 0.717) is 11.8 Å². The largest absolute Gasteiger partial charge is 0.454 e. The molecule has 0 aliphatic heterocycles. The van der Waals surface area contributed by atoms with Gasteiger partial charge in [0, 0.05) is 27.3 Å². The van der Waals surface area contributed by atoms with Gasteiger partial charge in [-0.15, -0.1) is 0 Å². The van der Waals surface area contributed by atoms with Crippen LogP contribution in [-0.2, 0) is 5.41 Å². The Hall–Kier alpha value is -6.38. The van der Waals surface area contributed by atoms with Gasteiger partial charge in [0.25, 0.3) is 0 Å². The van der Waals surface area contributed by atoms with Gasteiger partial charge >= 0.3 is 0 Å². The van der Waals surface area contributed by atoms with E-state index < -0.39 is 0 Å². The first-order valence-corrected chi connectivity index (χ1v) is 20.5. The van der Waals surface area contributed by atoms with E-state index in [1.165, 1.54) is 76.8 Å². The molecule has 0 amide bonds. The summed E-state index contributed by atoms with van der Waals surface area (Å²) >= 11 is 0. The van der Waals surface area contributed by atoms with E-state index in [-0.39, 0.29) is 5.41 Å². The van der Waals surface area contributed by atoms with Gasteiger partial charge in [-0.05, 0) is 126 Å². The number of fused-ring (bicyclic) bond motifs is 6. The molecule has 1 aromatic heterocycles. The highest BCUT2D eigenvalue weighted by Crippen LogP contribution is 2.53. The first-order valence-electron chi connectivity index (χ1n) is 20.5. The van der Waals surface area contributed by atoms with Crippen molar-refractivity contribution in [1.29, 1.82) is 0 Å². The van der Waals surface area contributed by atoms with Crippen LogP contribution in [0.1, 0.15) is 75.6 Å². The molecule has 276 valence electrons. The standard InChI is InChI=1S/C55H45NO/c1-32(2)43-30-45(34-23-28-48-46(29-34)36-17-10-12-20-47(36)55(48,5)6)40-25-24-39-44(33(3)4)31-50(42-27-26-38(43)52(40)53(39)42)56(35-15-8-7-9-16-35)49-21-14-19-41-37-18-11-13-22-51(37)57-54(41)49/h7-33H,1-6H3. The van der Waals surface area contributed by atoms with Crippen LogP contribution < -0.4 is 4.90 Å². The van der Waals surface area contributed by atoms with Crippen molar-refractivity contribution in [2.24, 2.45) is 0 Å². The number of para-hydroxylation sites is 3. The molecule has 0 N–H and O–H groups in total. The molecular weight excluding hydrogens is 691 g/mol. The van der Waals surface area contributed by atoms with Crippen molar-refractivity contribution in [3.8, 4) is 22.3 Å². The quantitative estimate of drug-likeness (QED) is 0.158. The molecule has 0 saturated carbocycles. The van der Waals surface area contributed by atoms with Gasteiger partial charge in [0.05, 0.1) is 11.4 Å². The first kappa shape index (κ1) is 33.9. The molecule has 2 nitrogen and oxygen atoms in total. The Morgan fingerprint density at radius 2 is 1.09 bits per heavy atom. The van der Waals surface area contributed by atoms with Gasteiger partial charge < -0.3 is 9.32 Å². The number of furan rings is 1. The number of hydrogen-bond acceptors (Lipinski definition) is 2. The first-order chi connectivity index (χ1) is 27.7. The predicted octanol–water partition coefficient (Wildman–Crippen LogP) is 16.2. The lowest BCUT2D eigenvalue weighted by Crippen LogP contribution is -2.14. The second-order valence-corrected chi connectivity index (χ2v) is 17.2. The van der Waals surface area contributed by atoms with Crippen molar-refractivity contribution in [1.82, 2.24) is 0 Å². The summed E-state index contributed by atoms with van der Waals surface area (Å²) in [5, 5.41) is 10.1. The van der Waals surface area contributed by atoms with E-state index in [4.69, 9.17) is 4.42 Å². The van der Waals surface area contributed by atoms with Crippen molar-refractivity contribution in [3.63, 3.8) is 0 Å². The summed E-state index contributed by atoms with van der Waals surface area (Å²) in [6.07, 6.45) is 0. The van der Waals surface area contributed by atoms with Crippen LogP contribution in [0.25, 0.3) is 76.5 Å². The maximum Gasteiger partial charge on any atom is 0.159 e. The lowest BCUT2D eigenvalue weighted by molar-refractivity contribution is 0.660. The van der Waals surface area contributed by atoms with Gasteiger partial charge in [0.1, 0.15) is 5.58 Å². The van der Waals surface area contributed by atoms with E-state index >= 15 is 0 Å². The maximum absolute atomic E-state index is 6.74. The summed E-state index contributed by atoms with van der Waals surface area (Å²) in [6, 6.07) is 56.5. The molecular formula is C55H45NO. The van der Waals surface area contributed by atoms with Gasteiger partial charge in [-0.1, -0.05) is 151 Å². The highest BCUT2D eigenvalue weighted by Gasteiger charge is 2.35. The van der Waals surface area contributed by atoms with Gasteiger partial charge in [0.2, 0.25) is 0 Å². The van der Waals surface area contributed by atoms with Crippen molar-refractivity contribution in [2.75, 3.05) is 4.90 Å². The average Bonchev–Trinajstić information content (AvgIpc) is 3.72. The van der Waals surface area contributed by atoms with Crippen LogP contribution in [0, 0.1) is 0 Å². The highest BCUT2D eigenvalue weighted by atomic mass is 16.3. The monoisotopic (exact) mass is 735 g/mol. The third-order valence-corrected chi connectivity index (χ3v) is 13.0. The smallest absolute Gasteiger partial charge is 0.159 e.